The molecule has 5 nitrogen and oxygen atoms in total. The van der Waals surface area contributed by atoms with Crippen LogP contribution >= 0.6 is 0 Å². The fraction of sp³-hybridized carbons (Fsp3) is 0.800. The van der Waals surface area contributed by atoms with Crippen molar-refractivity contribution in [2.75, 3.05) is 13.1 Å². The highest BCUT2D eigenvalue weighted by Crippen LogP contribution is 2.17. The molecule has 5 heteroatoms. The Hall–Kier alpha value is -1.26. The SMILES string of the molecule is CC(C)(C)OC(=O)N1CCC(/C=N\O)C1. The molecule has 15 heavy (non-hydrogen) atoms. The van der Waals surface area contributed by atoms with Gasteiger partial charge in [-0.1, -0.05) is 0 Å². The molecular formula is C10H18N2O3. The van der Waals surface area contributed by atoms with Gasteiger partial charge in [0.15, 0.2) is 0 Å². The third kappa shape index (κ3) is 3.77. The van der Waals surface area contributed by atoms with Gasteiger partial charge in [0, 0.05) is 25.2 Å². The van der Waals surface area contributed by atoms with Crippen LogP contribution in [0.3, 0.4) is 0 Å². The minimum absolute atomic E-state index is 0.141. The van der Waals surface area contributed by atoms with E-state index in [-0.39, 0.29) is 12.0 Å². The maximum atomic E-state index is 11.6. The molecular weight excluding hydrogens is 196 g/mol. The number of oxime groups is 1. The van der Waals surface area contributed by atoms with Gasteiger partial charge in [-0.2, -0.15) is 0 Å². The van der Waals surface area contributed by atoms with Gasteiger partial charge in [-0.05, 0) is 27.2 Å². The largest absolute Gasteiger partial charge is 0.444 e. The van der Waals surface area contributed by atoms with Crippen molar-refractivity contribution < 1.29 is 14.7 Å². The van der Waals surface area contributed by atoms with Crippen molar-refractivity contribution in [2.45, 2.75) is 32.8 Å². The van der Waals surface area contributed by atoms with Crippen LogP contribution in [0.15, 0.2) is 5.16 Å². The Morgan fingerprint density at radius 3 is 2.80 bits per heavy atom. The van der Waals surface area contributed by atoms with Crippen molar-refractivity contribution in [1.82, 2.24) is 4.90 Å². The van der Waals surface area contributed by atoms with Crippen LogP contribution in [0.25, 0.3) is 0 Å². The van der Waals surface area contributed by atoms with Crippen molar-refractivity contribution >= 4 is 12.3 Å². The molecule has 1 N–H and O–H groups in total. The zero-order chi connectivity index (χ0) is 11.5. The van der Waals surface area contributed by atoms with Crippen molar-refractivity contribution in [3.63, 3.8) is 0 Å². The number of amides is 1. The van der Waals surface area contributed by atoms with E-state index in [0.717, 1.165) is 6.42 Å². The van der Waals surface area contributed by atoms with Crippen molar-refractivity contribution in [2.24, 2.45) is 11.1 Å². The van der Waals surface area contributed by atoms with Gasteiger partial charge in [0.25, 0.3) is 0 Å². The van der Waals surface area contributed by atoms with Gasteiger partial charge in [0.05, 0.1) is 0 Å². The third-order valence-electron chi connectivity index (χ3n) is 2.15. The van der Waals surface area contributed by atoms with E-state index in [9.17, 15) is 4.79 Å². The Morgan fingerprint density at radius 2 is 2.27 bits per heavy atom. The molecule has 0 saturated carbocycles. The van der Waals surface area contributed by atoms with Gasteiger partial charge >= 0.3 is 6.09 Å². The van der Waals surface area contributed by atoms with E-state index in [1.54, 1.807) is 4.90 Å². The highest BCUT2D eigenvalue weighted by atomic mass is 16.6. The second-order valence-electron chi connectivity index (χ2n) is 4.74. The van der Waals surface area contributed by atoms with Crippen LogP contribution in [-0.2, 0) is 4.74 Å². The Kier molecular flexibility index (Phi) is 3.55. The van der Waals surface area contributed by atoms with Crippen LogP contribution in [0.5, 0.6) is 0 Å². The summed E-state index contributed by atoms with van der Waals surface area (Å²) in [6.45, 7) is 6.75. The molecule has 0 bridgehead atoms. The number of likely N-dealkylation sites (tertiary alicyclic amines) is 1. The number of carbonyl (C=O) groups is 1. The van der Waals surface area contributed by atoms with E-state index in [1.165, 1.54) is 6.21 Å². The van der Waals surface area contributed by atoms with E-state index in [0.29, 0.717) is 13.1 Å². The normalized spacial score (nSPS) is 22.3. The van der Waals surface area contributed by atoms with E-state index < -0.39 is 5.60 Å². The van der Waals surface area contributed by atoms with Gasteiger partial charge in [-0.25, -0.2) is 4.79 Å². The molecule has 0 aromatic rings. The molecule has 1 aliphatic rings. The minimum Gasteiger partial charge on any atom is -0.444 e. The van der Waals surface area contributed by atoms with Gasteiger partial charge in [0.1, 0.15) is 5.60 Å². The van der Waals surface area contributed by atoms with Crippen molar-refractivity contribution in [3.05, 3.63) is 0 Å². The van der Waals surface area contributed by atoms with E-state index in [4.69, 9.17) is 9.94 Å². The van der Waals surface area contributed by atoms with Crippen LogP contribution in [0, 0.1) is 5.92 Å². The first-order valence-electron chi connectivity index (χ1n) is 5.08. The van der Waals surface area contributed by atoms with Gasteiger partial charge in [-0.15, -0.1) is 5.16 Å². The second kappa shape index (κ2) is 4.51. The van der Waals surface area contributed by atoms with Gasteiger partial charge in [0.2, 0.25) is 0 Å². The quantitative estimate of drug-likeness (QED) is 0.410. The first kappa shape index (κ1) is 11.8. The van der Waals surface area contributed by atoms with Crippen LogP contribution in [0.4, 0.5) is 4.79 Å². The summed E-state index contributed by atoms with van der Waals surface area (Å²) in [6.07, 6.45) is 1.99. The standard InChI is InChI=1S/C10H18N2O3/c1-10(2,3)15-9(13)12-5-4-8(7-12)6-11-14/h6,8,14H,4-5,7H2,1-3H3/b11-6-. The predicted molar refractivity (Wildman–Crippen MR) is 56.2 cm³/mol. The summed E-state index contributed by atoms with van der Waals surface area (Å²) in [5, 5.41) is 11.4. The van der Waals surface area contributed by atoms with E-state index in [2.05, 4.69) is 5.16 Å². The molecule has 0 aliphatic carbocycles. The summed E-state index contributed by atoms with van der Waals surface area (Å²) in [7, 11) is 0. The van der Waals surface area contributed by atoms with Crippen LogP contribution in [-0.4, -0.2) is 41.1 Å². The molecule has 0 aromatic carbocycles. The topological polar surface area (TPSA) is 62.1 Å². The highest BCUT2D eigenvalue weighted by molar-refractivity contribution is 5.70. The first-order chi connectivity index (χ1) is 6.92. The fourth-order valence-electron chi connectivity index (χ4n) is 1.50. The van der Waals surface area contributed by atoms with Gasteiger partial charge < -0.3 is 14.8 Å². The monoisotopic (exact) mass is 214 g/mol. The molecule has 1 atom stereocenters. The van der Waals surface area contributed by atoms with Crippen LogP contribution in [0.2, 0.25) is 0 Å². The molecule has 1 heterocycles. The number of rotatable bonds is 1. The zero-order valence-electron chi connectivity index (χ0n) is 9.43. The molecule has 1 amide bonds. The Balaban J connectivity index is 2.43. The Labute approximate surface area is 89.7 Å². The number of nitrogens with zero attached hydrogens (tertiary/aromatic N) is 2. The Morgan fingerprint density at radius 1 is 1.60 bits per heavy atom. The number of ether oxygens (including phenoxy) is 1. The number of hydrogen-bond acceptors (Lipinski definition) is 4. The molecule has 86 valence electrons. The zero-order valence-corrected chi connectivity index (χ0v) is 9.43. The molecule has 1 rings (SSSR count). The summed E-state index contributed by atoms with van der Waals surface area (Å²) in [5.74, 6) is 0.141. The summed E-state index contributed by atoms with van der Waals surface area (Å²) in [4.78, 5) is 13.2. The molecule has 0 radical (unpaired) electrons. The first-order valence-corrected chi connectivity index (χ1v) is 5.08. The Bertz CT molecular complexity index is 258. The minimum atomic E-state index is -0.458. The molecule has 0 spiro atoms. The van der Waals surface area contributed by atoms with E-state index >= 15 is 0 Å². The maximum Gasteiger partial charge on any atom is 0.410 e. The molecule has 0 aromatic heterocycles. The average molecular weight is 214 g/mol. The smallest absolute Gasteiger partial charge is 0.410 e. The second-order valence-corrected chi connectivity index (χ2v) is 4.74. The van der Waals surface area contributed by atoms with Crippen LogP contribution < -0.4 is 0 Å². The lowest BCUT2D eigenvalue weighted by Gasteiger charge is -2.24. The van der Waals surface area contributed by atoms with Gasteiger partial charge in [-0.3, -0.25) is 0 Å². The predicted octanol–water partition coefficient (Wildman–Crippen LogP) is 1.70. The fourth-order valence-corrected chi connectivity index (χ4v) is 1.50. The maximum absolute atomic E-state index is 11.6. The summed E-state index contributed by atoms with van der Waals surface area (Å²) < 4.78 is 5.23. The molecule has 1 saturated heterocycles. The van der Waals surface area contributed by atoms with Crippen molar-refractivity contribution in [3.8, 4) is 0 Å². The lowest BCUT2D eigenvalue weighted by molar-refractivity contribution is 0.0292. The molecule has 1 aliphatic heterocycles. The lowest BCUT2D eigenvalue weighted by atomic mass is 10.1. The summed E-state index contributed by atoms with van der Waals surface area (Å²) in [6, 6.07) is 0. The lowest BCUT2D eigenvalue weighted by Crippen LogP contribution is -2.35. The number of hydrogen-bond donors (Lipinski definition) is 1. The summed E-state index contributed by atoms with van der Waals surface area (Å²) in [5.41, 5.74) is -0.458. The summed E-state index contributed by atoms with van der Waals surface area (Å²) >= 11 is 0. The average Bonchev–Trinajstić information content (AvgIpc) is 2.50. The van der Waals surface area contributed by atoms with Crippen LogP contribution in [0.1, 0.15) is 27.2 Å². The highest BCUT2D eigenvalue weighted by Gasteiger charge is 2.28. The number of carbonyl (C=O) groups excluding carboxylic acids is 1. The molecule has 1 fully saturated rings. The van der Waals surface area contributed by atoms with E-state index in [1.807, 2.05) is 20.8 Å². The third-order valence-corrected chi connectivity index (χ3v) is 2.15. The van der Waals surface area contributed by atoms with Crippen molar-refractivity contribution in [1.29, 1.82) is 0 Å². The molecule has 1 unspecified atom stereocenters.